The lowest BCUT2D eigenvalue weighted by molar-refractivity contribution is 0.0695. The minimum absolute atomic E-state index is 0.0854. The van der Waals surface area contributed by atoms with Crippen molar-refractivity contribution in [1.82, 2.24) is 9.47 Å². The number of hydrogen-bond acceptors (Lipinski definition) is 4. The number of thiocarbonyl (C=S) groups is 1. The van der Waals surface area contributed by atoms with Crippen molar-refractivity contribution in [3.05, 3.63) is 68.2 Å². The van der Waals surface area contributed by atoms with Gasteiger partial charge in [-0.2, -0.15) is 0 Å². The number of piperazine rings is 1. The van der Waals surface area contributed by atoms with Crippen LogP contribution in [0.4, 0.5) is 15.8 Å². The number of carboxylic acids is 1. The standard InChI is InChI=1S/C24H21Cl2FN4O3S/c25-13-7-14(26)9-15(8-13)28-24(35)30-5-3-29(4-6-30)21-11-20-17(10-19(21)27)22(32)18(23(33)34)12-31(20)16-1-2-16/h7-12,16H,1-6H2,(H,28,35)(H,33,34). The highest BCUT2D eigenvalue weighted by molar-refractivity contribution is 7.80. The fraction of sp³-hybridized carbons (Fsp3) is 0.292. The number of rotatable bonds is 4. The lowest BCUT2D eigenvalue weighted by Gasteiger charge is -2.37. The van der Waals surface area contributed by atoms with Gasteiger partial charge in [-0.05, 0) is 55.4 Å². The Bertz CT molecular complexity index is 1400. The van der Waals surface area contributed by atoms with Crippen molar-refractivity contribution in [2.75, 3.05) is 36.4 Å². The third kappa shape index (κ3) is 4.80. The van der Waals surface area contributed by atoms with Crippen molar-refractivity contribution in [2.24, 2.45) is 0 Å². The molecular formula is C24H21Cl2FN4O3S. The van der Waals surface area contributed by atoms with E-state index in [4.69, 9.17) is 35.4 Å². The van der Waals surface area contributed by atoms with Gasteiger partial charge in [0.05, 0.1) is 11.2 Å². The number of aromatic nitrogens is 1. The van der Waals surface area contributed by atoms with Crippen molar-refractivity contribution >= 4 is 68.8 Å². The molecule has 0 atom stereocenters. The summed E-state index contributed by atoms with van der Waals surface area (Å²) in [4.78, 5) is 28.1. The van der Waals surface area contributed by atoms with E-state index in [1.807, 2.05) is 9.80 Å². The van der Waals surface area contributed by atoms with E-state index in [2.05, 4.69) is 5.32 Å². The Morgan fingerprint density at radius 3 is 2.31 bits per heavy atom. The van der Waals surface area contributed by atoms with E-state index >= 15 is 4.39 Å². The molecular weight excluding hydrogens is 514 g/mol. The molecule has 2 heterocycles. The number of aromatic carboxylic acids is 1. The van der Waals surface area contributed by atoms with Gasteiger partial charge in [0, 0.05) is 59.5 Å². The summed E-state index contributed by atoms with van der Waals surface area (Å²) in [7, 11) is 0. The topological polar surface area (TPSA) is 77.8 Å². The third-order valence-electron chi connectivity index (χ3n) is 6.29. The minimum Gasteiger partial charge on any atom is -0.477 e. The molecule has 11 heteroatoms. The van der Waals surface area contributed by atoms with E-state index in [9.17, 15) is 14.7 Å². The lowest BCUT2D eigenvalue weighted by atomic mass is 10.1. The molecule has 2 aromatic carbocycles. The van der Waals surface area contributed by atoms with Crippen LogP contribution in [0, 0.1) is 5.82 Å². The number of benzene rings is 2. The van der Waals surface area contributed by atoms with Crippen LogP contribution in [0.3, 0.4) is 0 Å². The van der Waals surface area contributed by atoms with Gasteiger partial charge in [-0.25, -0.2) is 9.18 Å². The van der Waals surface area contributed by atoms with Gasteiger partial charge in [-0.3, -0.25) is 4.79 Å². The average molecular weight is 535 g/mol. The average Bonchev–Trinajstić information content (AvgIpc) is 3.64. The van der Waals surface area contributed by atoms with Crippen molar-refractivity contribution in [1.29, 1.82) is 0 Å². The smallest absolute Gasteiger partial charge is 0.341 e. The first kappa shape index (κ1) is 23.8. The zero-order valence-corrected chi connectivity index (χ0v) is 20.8. The summed E-state index contributed by atoms with van der Waals surface area (Å²) in [6, 6.07) is 8.05. The largest absolute Gasteiger partial charge is 0.477 e. The van der Waals surface area contributed by atoms with Crippen molar-refractivity contribution < 1.29 is 14.3 Å². The van der Waals surface area contributed by atoms with Gasteiger partial charge in [-0.15, -0.1) is 0 Å². The Hall–Kier alpha value is -2.88. The predicted molar refractivity (Wildman–Crippen MR) is 140 cm³/mol. The van der Waals surface area contributed by atoms with Crippen LogP contribution in [-0.4, -0.2) is 51.8 Å². The van der Waals surface area contributed by atoms with E-state index in [0.29, 0.717) is 58.2 Å². The maximum absolute atomic E-state index is 15.2. The maximum Gasteiger partial charge on any atom is 0.341 e. The Balaban J connectivity index is 1.37. The first-order chi connectivity index (χ1) is 16.7. The first-order valence-electron chi connectivity index (χ1n) is 11.1. The first-order valence-corrected chi connectivity index (χ1v) is 12.3. The molecule has 1 aliphatic heterocycles. The summed E-state index contributed by atoms with van der Waals surface area (Å²) in [6.45, 7) is 2.15. The fourth-order valence-corrected chi connectivity index (χ4v) is 5.21. The highest BCUT2D eigenvalue weighted by Gasteiger charge is 2.28. The van der Waals surface area contributed by atoms with Gasteiger partial charge in [0.1, 0.15) is 11.4 Å². The lowest BCUT2D eigenvalue weighted by Crippen LogP contribution is -2.50. The fourth-order valence-electron chi connectivity index (χ4n) is 4.39. The van der Waals surface area contributed by atoms with E-state index in [-0.39, 0.29) is 17.0 Å². The number of carbonyl (C=O) groups is 1. The quantitative estimate of drug-likeness (QED) is 0.456. The van der Waals surface area contributed by atoms with Crippen molar-refractivity contribution in [3.63, 3.8) is 0 Å². The van der Waals surface area contributed by atoms with Gasteiger partial charge >= 0.3 is 5.97 Å². The molecule has 0 bridgehead atoms. The summed E-state index contributed by atoms with van der Waals surface area (Å²) in [6.07, 6.45) is 3.17. The molecule has 0 unspecified atom stereocenters. The number of halogens is 3. The van der Waals surface area contributed by atoms with Crippen LogP contribution < -0.4 is 15.6 Å². The number of fused-ring (bicyclic) bond motifs is 1. The summed E-state index contributed by atoms with van der Waals surface area (Å²) in [5.74, 6) is -1.86. The normalized spacial score (nSPS) is 16.0. The summed E-state index contributed by atoms with van der Waals surface area (Å²) < 4.78 is 17.0. The predicted octanol–water partition coefficient (Wildman–Crippen LogP) is 5.00. The molecule has 1 saturated heterocycles. The van der Waals surface area contributed by atoms with E-state index in [0.717, 1.165) is 12.8 Å². The molecule has 0 spiro atoms. The summed E-state index contributed by atoms with van der Waals surface area (Å²) in [5, 5.41) is 14.2. The number of nitrogens with zero attached hydrogens (tertiary/aromatic N) is 3. The number of hydrogen-bond donors (Lipinski definition) is 2. The molecule has 2 fully saturated rings. The molecule has 0 radical (unpaired) electrons. The van der Waals surface area contributed by atoms with Crippen LogP contribution in [0.2, 0.25) is 10.0 Å². The second-order valence-electron chi connectivity index (χ2n) is 8.70. The van der Waals surface area contributed by atoms with Crippen LogP contribution in [0.25, 0.3) is 10.9 Å². The second kappa shape index (κ2) is 9.29. The zero-order chi connectivity index (χ0) is 24.9. The van der Waals surface area contributed by atoms with Crippen molar-refractivity contribution in [2.45, 2.75) is 18.9 Å². The van der Waals surface area contributed by atoms with Crippen LogP contribution >= 0.6 is 35.4 Å². The molecule has 0 amide bonds. The van der Waals surface area contributed by atoms with Crippen LogP contribution in [0.1, 0.15) is 29.2 Å². The second-order valence-corrected chi connectivity index (χ2v) is 9.96. The van der Waals surface area contributed by atoms with Gasteiger partial charge in [0.25, 0.3) is 0 Å². The molecule has 182 valence electrons. The van der Waals surface area contributed by atoms with Crippen LogP contribution in [0.5, 0.6) is 0 Å². The SMILES string of the molecule is O=C(O)c1cn(C2CC2)c2cc(N3CCN(C(=S)Nc4cc(Cl)cc(Cl)c4)CC3)c(F)cc2c1=O. The number of nitrogens with one attached hydrogen (secondary N) is 1. The molecule has 2 aliphatic rings. The molecule has 7 nitrogen and oxygen atoms in total. The Labute approximate surface area is 215 Å². The van der Waals surface area contributed by atoms with Gasteiger partial charge in [-0.1, -0.05) is 23.2 Å². The van der Waals surface area contributed by atoms with Gasteiger partial charge < -0.3 is 24.8 Å². The highest BCUT2D eigenvalue weighted by atomic mass is 35.5. The summed E-state index contributed by atoms with van der Waals surface area (Å²) in [5.41, 5.74) is 0.615. The molecule has 2 N–H and O–H groups in total. The Morgan fingerprint density at radius 1 is 1.06 bits per heavy atom. The number of carboxylic acid groups (broad SMARTS) is 1. The number of pyridine rings is 1. The molecule has 5 rings (SSSR count). The molecule has 35 heavy (non-hydrogen) atoms. The van der Waals surface area contributed by atoms with Crippen LogP contribution in [0.15, 0.2) is 41.3 Å². The molecule has 3 aromatic rings. The van der Waals surface area contributed by atoms with E-state index in [1.54, 1.807) is 28.8 Å². The van der Waals surface area contributed by atoms with Crippen molar-refractivity contribution in [3.8, 4) is 0 Å². The zero-order valence-electron chi connectivity index (χ0n) is 18.4. The van der Waals surface area contributed by atoms with E-state index in [1.165, 1.54) is 12.3 Å². The Morgan fingerprint density at radius 2 is 1.71 bits per heavy atom. The highest BCUT2D eigenvalue weighted by Crippen LogP contribution is 2.38. The monoisotopic (exact) mass is 534 g/mol. The summed E-state index contributed by atoms with van der Waals surface area (Å²) >= 11 is 17.7. The van der Waals surface area contributed by atoms with E-state index < -0.39 is 17.2 Å². The van der Waals surface area contributed by atoms with Crippen LogP contribution in [-0.2, 0) is 0 Å². The van der Waals surface area contributed by atoms with Gasteiger partial charge in [0.15, 0.2) is 5.11 Å². The Kier molecular flexibility index (Phi) is 6.33. The molecule has 1 aliphatic carbocycles. The van der Waals surface area contributed by atoms with Gasteiger partial charge in [0.2, 0.25) is 5.43 Å². The third-order valence-corrected chi connectivity index (χ3v) is 7.09. The number of anilines is 2. The maximum atomic E-state index is 15.2. The molecule has 1 saturated carbocycles. The minimum atomic E-state index is -1.31. The molecule has 1 aromatic heterocycles.